The van der Waals surface area contributed by atoms with E-state index in [1.165, 1.54) is 16.8 Å². The SMILES string of the molecule is CC(C)n1cc(C(=O)Nc2ccc(Oc3ccnc4cnc(N5CCNCC5)cc34)cc2)c(=O)n(-c2ccc(F)cn2)c1=O. The van der Waals surface area contributed by atoms with Crippen molar-refractivity contribution in [2.75, 3.05) is 36.4 Å². The Bertz CT molecular complexity index is 1950. The molecule has 1 fully saturated rings. The van der Waals surface area contributed by atoms with E-state index >= 15 is 0 Å². The van der Waals surface area contributed by atoms with Crippen LogP contribution < -0.4 is 31.5 Å². The summed E-state index contributed by atoms with van der Waals surface area (Å²) in [7, 11) is 0. The zero-order valence-corrected chi connectivity index (χ0v) is 24.0. The third-order valence-corrected chi connectivity index (χ3v) is 7.21. The van der Waals surface area contributed by atoms with Gasteiger partial charge in [0, 0.05) is 55.7 Å². The zero-order chi connectivity index (χ0) is 30.8. The fourth-order valence-corrected chi connectivity index (χ4v) is 4.90. The first-order valence-electron chi connectivity index (χ1n) is 14.1. The minimum atomic E-state index is -0.872. The summed E-state index contributed by atoms with van der Waals surface area (Å²) >= 11 is 0. The van der Waals surface area contributed by atoms with E-state index in [1.807, 2.05) is 6.07 Å². The molecule has 0 unspecified atom stereocenters. The Morgan fingerprint density at radius 3 is 2.43 bits per heavy atom. The van der Waals surface area contributed by atoms with Gasteiger partial charge in [0.05, 0.1) is 17.9 Å². The normalized spacial score (nSPS) is 13.3. The monoisotopic (exact) mass is 596 g/mol. The molecule has 2 N–H and O–H groups in total. The van der Waals surface area contributed by atoms with Gasteiger partial charge >= 0.3 is 5.69 Å². The molecule has 6 rings (SSSR count). The number of nitrogens with zero attached hydrogens (tertiary/aromatic N) is 6. The third-order valence-electron chi connectivity index (χ3n) is 7.21. The number of fused-ring (bicyclic) bond motifs is 1. The van der Waals surface area contributed by atoms with Gasteiger partial charge in [0.1, 0.15) is 34.5 Å². The van der Waals surface area contributed by atoms with Gasteiger partial charge in [0.15, 0.2) is 0 Å². The van der Waals surface area contributed by atoms with Crippen molar-refractivity contribution in [3.63, 3.8) is 0 Å². The number of halogens is 1. The largest absolute Gasteiger partial charge is 0.457 e. The lowest BCUT2D eigenvalue weighted by Gasteiger charge is -2.28. The first kappa shape index (κ1) is 28.7. The van der Waals surface area contributed by atoms with Gasteiger partial charge in [-0.3, -0.25) is 19.1 Å². The standard InChI is InChI=1S/C31H29FN8O4/c1-19(2)39-18-24(30(42)40(31(39)43)27-8-3-20(32)16-35-27)29(41)37-21-4-6-22(7-5-21)44-26-9-10-34-25-17-36-28(15-23(25)26)38-13-11-33-12-14-38/h3-10,15-19,33H,11-14H2,1-2H3,(H,37,41). The molecule has 0 bridgehead atoms. The molecular formula is C31H29FN8O4. The van der Waals surface area contributed by atoms with Crippen LogP contribution in [0.15, 0.2) is 82.9 Å². The molecule has 5 heterocycles. The summed E-state index contributed by atoms with van der Waals surface area (Å²) < 4.78 is 21.6. The van der Waals surface area contributed by atoms with Crippen LogP contribution in [0.4, 0.5) is 15.9 Å². The minimum absolute atomic E-state index is 0.0913. The van der Waals surface area contributed by atoms with Crippen LogP contribution in [-0.4, -0.2) is 56.2 Å². The average Bonchev–Trinajstić information content (AvgIpc) is 3.03. The second-order valence-electron chi connectivity index (χ2n) is 10.5. The maximum atomic E-state index is 13.5. The highest BCUT2D eigenvalue weighted by atomic mass is 19.1. The summed E-state index contributed by atoms with van der Waals surface area (Å²) in [4.78, 5) is 54.7. The number of amides is 1. The number of benzene rings is 1. The van der Waals surface area contributed by atoms with Gasteiger partial charge in [-0.1, -0.05) is 0 Å². The summed E-state index contributed by atoms with van der Waals surface area (Å²) in [5, 5.41) is 6.86. The molecule has 5 aromatic rings. The Labute approximate surface area is 250 Å². The molecule has 13 heteroatoms. The fourth-order valence-electron chi connectivity index (χ4n) is 4.90. The topological polar surface area (TPSA) is 136 Å². The van der Waals surface area contributed by atoms with E-state index in [0.29, 0.717) is 22.7 Å². The van der Waals surface area contributed by atoms with Crippen molar-refractivity contribution >= 4 is 28.3 Å². The van der Waals surface area contributed by atoms with Gasteiger partial charge in [-0.05, 0) is 62.4 Å². The van der Waals surface area contributed by atoms with Crippen molar-refractivity contribution < 1.29 is 13.9 Å². The predicted molar refractivity (Wildman–Crippen MR) is 164 cm³/mol. The number of anilines is 2. The van der Waals surface area contributed by atoms with E-state index in [9.17, 15) is 18.8 Å². The van der Waals surface area contributed by atoms with Crippen LogP contribution in [-0.2, 0) is 0 Å². The maximum Gasteiger partial charge on any atom is 0.337 e. The number of hydrogen-bond donors (Lipinski definition) is 2. The highest BCUT2D eigenvalue weighted by Crippen LogP contribution is 2.31. The average molecular weight is 597 g/mol. The molecule has 44 heavy (non-hydrogen) atoms. The van der Waals surface area contributed by atoms with E-state index in [0.717, 1.165) is 54.2 Å². The van der Waals surface area contributed by atoms with Crippen molar-refractivity contribution in [2.45, 2.75) is 19.9 Å². The molecular weight excluding hydrogens is 567 g/mol. The maximum absolute atomic E-state index is 13.5. The van der Waals surface area contributed by atoms with Crippen molar-refractivity contribution in [1.82, 2.24) is 29.4 Å². The Morgan fingerprint density at radius 2 is 1.73 bits per heavy atom. The lowest BCUT2D eigenvalue weighted by molar-refractivity contribution is 0.102. The van der Waals surface area contributed by atoms with Crippen LogP contribution in [0.3, 0.4) is 0 Å². The van der Waals surface area contributed by atoms with Crippen molar-refractivity contribution in [3.05, 3.63) is 106 Å². The van der Waals surface area contributed by atoms with E-state index < -0.39 is 23.0 Å². The number of aromatic nitrogens is 5. The molecule has 1 saturated heterocycles. The zero-order valence-electron chi connectivity index (χ0n) is 24.0. The van der Waals surface area contributed by atoms with E-state index in [1.54, 1.807) is 56.6 Å². The highest BCUT2D eigenvalue weighted by molar-refractivity contribution is 6.03. The van der Waals surface area contributed by atoms with Crippen molar-refractivity contribution in [3.8, 4) is 17.3 Å². The number of rotatable bonds is 7. The Hall–Kier alpha value is -5.43. The Kier molecular flexibility index (Phi) is 7.85. The van der Waals surface area contributed by atoms with Crippen molar-refractivity contribution in [1.29, 1.82) is 0 Å². The number of carbonyl (C=O) groups is 1. The van der Waals surface area contributed by atoms with Crippen LogP contribution in [0.2, 0.25) is 0 Å². The van der Waals surface area contributed by atoms with Gasteiger partial charge in [-0.25, -0.2) is 23.7 Å². The first-order valence-corrected chi connectivity index (χ1v) is 14.1. The molecule has 1 aliphatic heterocycles. The third kappa shape index (κ3) is 5.77. The Balaban J connectivity index is 1.24. The molecule has 0 saturated carbocycles. The smallest absolute Gasteiger partial charge is 0.337 e. The van der Waals surface area contributed by atoms with Crippen LogP contribution in [0.25, 0.3) is 16.7 Å². The summed E-state index contributed by atoms with van der Waals surface area (Å²) in [6, 6.07) is 12.3. The number of carbonyl (C=O) groups excluding carboxylic acids is 1. The summed E-state index contributed by atoms with van der Waals surface area (Å²) in [5.41, 5.74) is -0.735. The van der Waals surface area contributed by atoms with Gasteiger partial charge in [0.25, 0.3) is 11.5 Å². The molecule has 1 amide bonds. The van der Waals surface area contributed by atoms with Crippen LogP contribution in [0.5, 0.6) is 11.5 Å². The quantitative estimate of drug-likeness (QED) is 0.289. The number of piperazine rings is 1. The summed E-state index contributed by atoms with van der Waals surface area (Å²) in [6.07, 6.45) is 5.51. The second-order valence-corrected chi connectivity index (χ2v) is 10.5. The molecule has 12 nitrogen and oxygen atoms in total. The number of pyridine rings is 3. The molecule has 224 valence electrons. The summed E-state index contributed by atoms with van der Waals surface area (Å²) in [5.74, 6) is 0.549. The van der Waals surface area contributed by atoms with E-state index in [-0.39, 0.29) is 17.4 Å². The van der Waals surface area contributed by atoms with Crippen LogP contribution >= 0.6 is 0 Å². The molecule has 0 aliphatic carbocycles. The number of nitrogens with one attached hydrogen (secondary N) is 2. The number of ether oxygens (including phenoxy) is 1. The van der Waals surface area contributed by atoms with Crippen molar-refractivity contribution in [2.24, 2.45) is 0 Å². The van der Waals surface area contributed by atoms with Crippen LogP contribution in [0.1, 0.15) is 30.2 Å². The van der Waals surface area contributed by atoms with Gasteiger partial charge in [-0.2, -0.15) is 0 Å². The molecule has 0 spiro atoms. The molecule has 1 aromatic carbocycles. The van der Waals surface area contributed by atoms with Crippen LogP contribution in [0, 0.1) is 5.82 Å². The Morgan fingerprint density at radius 1 is 0.977 bits per heavy atom. The summed E-state index contributed by atoms with van der Waals surface area (Å²) in [6.45, 7) is 6.98. The van der Waals surface area contributed by atoms with Gasteiger partial charge in [0.2, 0.25) is 0 Å². The minimum Gasteiger partial charge on any atom is -0.457 e. The van der Waals surface area contributed by atoms with Gasteiger partial charge < -0.3 is 20.3 Å². The highest BCUT2D eigenvalue weighted by Gasteiger charge is 2.21. The van der Waals surface area contributed by atoms with Gasteiger partial charge in [-0.15, -0.1) is 0 Å². The lowest BCUT2D eigenvalue weighted by atomic mass is 10.2. The predicted octanol–water partition coefficient (Wildman–Crippen LogP) is 3.51. The lowest BCUT2D eigenvalue weighted by Crippen LogP contribution is -2.43. The first-order chi connectivity index (χ1) is 21.3. The second kappa shape index (κ2) is 12.1. The van der Waals surface area contributed by atoms with E-state index in [2.05, 4.69) is 30.5 Å². The van der Waals surface area contributed by atoms with E-state index in [4.69, 9.17) is 4.74 Å². The molecule has 4 aromatic heterocycles. The molecule has 1 aliphatic rings. The molecule has 0 atom stereocenters. The molecule has 0 radical (unpaired) electrons. The number of hydrogen-bond acceptors (Lipinski definition) is 9. The fraction of sp³-hybridized carbons (Fsp3) is 0.226.